The summed E-state index contributed by atoms with van der Waals surface area (Å²) >= 11 is 5.56. The smallest absolute Gasteiger partial charge is 0.0426 e. The van der Waals surface area contributed by atoms with Crippen molar-refractivity contribution in [3.63, 3.8) is 0 Å². The highest BCUT2D eigenvalue weighted by molar-refractivity contribution is 6.30. The van der Waals surface area contributed by atoms with E-state index < -0.39 is 0 Å². The number of hydrogen-bond donors (Lipinski definition) is 2. The first-order valence-electron chi connectivity index (χ1n) is 4.50. The summed E-state index contributed by atoms with van der Waals surface area (Å²) in [5.41, 5.74) is 12.3. The molecule has 4 N–H and O–H groups in total. The Morgan fingerprint density at radius 1 is 0.733 bits per heavy atom. The molecule has 0 atom stereocenters. The Kier molecular flexibility index (Phi) is 4.51. The van der Waals surface area contributed by atoms with Crippen molar-refractivity contribution in [2.24, 2.45) is 0 Å². The van der Waals surface area contributed by atoms with E-state index in [9.17, 15) is 0 Å². The number of nitrogens with two attached hydrogens (primary N) is 2. The van der Waals surface area contributed by atoms with E-state index >= 15 is 0 Å². The number of benzene rings is 2. The van der Waals surface area contributed by atoms with Gasteiger partial charge in [-0.05, 0) is 30.3 Å². The largest absolute Gasteiger partial charge is 0.399 e. The van der Waals surface area contributed by atoms with E-state index in [2.05, 4.69) is 0 Å². The number of nitrogen functional groups attached to an aromatic ring is 2. The summed E-state index contributed by atoms with van der Waals surface area (Å²) in [6.45, 7) is 0. The molecular weight excluding hydrogens is 208 g/mol. The first-order valence-corrected chi connectivity index (χ1v) is 4.88. The van der Waals surface area contributed by atoms with Crippen LogP contribution in [0.1, 0.15) is 0 Å². The van der Waals surface area contributed by atoms with E-state index in [0.29, 0.717) is 10.7 Å². The third kappa shape index (κ3) is 4.93. The van der Waals surface area contributed by atoms with Crippen LogP contribution in [0, 0.1) is 0 Å². The van der Waals surface area contributed by atoms with Crippen molar-refractivity contribution < 1.29 is 0 Å². The fourth-order valence-corrected chi connectivity index (χ4v) is 1.16. The summed E-state index contributed by atoms with van der Waals surface area (Å²) in [4.78, 5) is 0. The SMILES string of the molecule is Nc1cccc(Cl)c1.Nc1ccccc1. The standard InChI is InChI=1S/C6H6ClN.C6H7N/c7-5-2-1-3-6(8)4-5;7-6-4-2-1-3-5-6/h1-4H,8H2;1-5H,7H2. The molecule has 0 aliphatic carbocycles. The van der Waals surface area contributed by atoms with Gasteiger partial charge in [0.05, 0.1) is 0 Å². The lowest BCUT2D eigenvalue weighted by atomic mass is 10.3. The van der Waals surface area contributed by atoms with Gasteiger partial charge in [-0.15, -0.1) is 0 Å². The molecule has 3 heteroatoms. The van der Waals surface area contributed by atoms with Crippen LogP contribution < -0.4 is 11.5 Å². The number of rotatable bonds is 0. The molecule has 2 rings (SSSR count). The average molecular weight is 221 g/mol. The lowest BCUT2D eigenvalue weighted by Gasteiger charge is -1.89. The molecule has 15 heavy (non-hydrogen) atoms. The van der Waals surface area contributed by atoms with Gasteiger partial charge in [-0.1, -0.05) is 35.9 Å². The summed E-state index contributed by atoms with van der Waals surface area (Å²) in [5, 5.41) is 0.685. The minimum atomic E-state index is 0.685. The van der Waals surface area contributed by atoms with Crippen molar-refractivity contribution in [3.05, 3.63) is 59.6 Å². The molecule has 0 unspecified atom stereocenters. The molecule has 0 bridgehead atoms. The zero-order valence-electron chi connectivity index (χ0n) is 8.23. The Morgan fingerprint density at radius 3 is 1.67 bits per heavy atom. The minimum absolute atomic E-state index is 0.685. The maximum atomic E-state index is 5.56. The maximum absolute atomic E-state index is 5.56. The highest BCUT2D eigenvalue weighted by Crippen LogP contribution is 2.10. The van der Waals surface area contributed by atoms with Crippen LogP contribution in [0.15, 0.2) is 54.6 Å². The Bertz CT molecular complexity index is 384. The Labute approximate surface area is 94.5 Å². The maximum Gasteiger partial charge on any atom is 0.0426 e. The van der Waals surface area contributed by atoms with Crippen molar-refractivity contribution >= 4 is 23.0 Å². The van der Waals surface area contributed by atoms with Crippen LogP contribution in [0.25, 0.3) is 0 Å². The Hall–Kier alpha value is -1.67. The van der Waals surface area contributed by atoms with Gasteiger partial charge in [0, 0.05) is 16.4 Å². The number of halogens is 1. The van der Waals surface area contributed by atoms with Gasteiger partial charge in [-0.25, -0.2) is 0 Å². The van der Waals surface area contributed by atoms with Crippen LogP contribution in [0.5, 0.6) is 0 Å². The van der Waals surface area contributed by atoms with Crippen molar-refractivity contribution in [3.8, 4) is 0 Å². The second kappa shape index (κ2) is 5.94. The van der Waals surface area contributed by atoms with E-state index in [1.165, 1.54) is 0 Å². The van der Waals surface area contributed by atoms with E-state index in [4.69, 9.17) is 23.1 Å². The second-order valence-electron chi connectivity index (χ2n) is 2.97. The molecule has 0 amide bonds. The fourth-order valence-electron chi connectivity index (χ4n) is 0.960. The lowest BCUT2D eigenvalue weighted by molar-refractivity contribution is 1.69. The monoisotopic (exact) mass is 220 g/mol. The Morgan fingerprint density at radius 2 is 1.33 bits per heavy atom. The Balaban J connectivity index is 0.000000151. The van der Waals surface area contributed by atoms with Gasteiger partial charge in [-0.2, -0.15) is 0 Å². The molecule has 0 spiro atoms. The molecule has 2 aromatic carbocycles. The average Bonchev–Trinajstić information content (AvgIpc) is 2.19. The lowest BCUT2D eigenvalue weighted by Crippen LogP contribution is -1.80. The number of anilines is 2. The highest BCUT2D eigenvalue weighted by atomic mass is 35.5. The van der Waals surface area contributed by atoms with Crippen LogP contribution in [-0.2, 0) is 0 Å². The van der Waals surface area contributed by atoms with Gasteiger partial charge >= 0.3 is 0 Å². The molecule has 0 radical (unpaired) electrons. The summed E-state index contributed by atoms with van der Waals surface area (Å²) in [5.74, 6) is 0. The summed E-state index contributed by atoms with van der Waals surface area (Å²) in [6, 6.07) is 16.6. The zero-order chi connectivity index (χ0) is 11.1. The van der Waals surface area contributed by atoms with E-state index in [-0.39, 0.29) is 0 Å². The number of para-hydroxylation sites is 1. The van der Waals surface area contributed by atoms with Gasteiger partial charge in [0.1, 0.15) is 0 Å². The van der Waals surface area contributed by atoms with E-state index in [0.717, 1.165) is 5.69 Å². The molecule has 78 valence electrons. The highest BCUT2D eigenvalue weighted by Gasteiger charge is 1.83. The third-order valence-corrected chi connectivity index (χ3v) is 1.88. The third-order valence-electron chi connectivity index (χ3n) is 1.65. The molecule has 0 saturated heterocycles. The van der Waals surface area contributed by atoms with Crippen molar-refractivity contribution in [2.75, 3.05) is 11.5 Å². The fraction of sp³-hybridized carbons (Fsp3) is 0. The number of hydrogen-bond acceptors (Lipinski definition) is 2. The quantitative estimate of drug-likeness (QED) is 0.670. The van der Waals surface area contributed by atoms with Gasteiger partial charge in [0.2, 0.25) is 0 Å². The molecule has 0 fully saturated rings. The molecule has 2 nitrogen and oxygen atoms in total. The molecule has 0 heterocycles. The summed E-state index contributed by atoms with van der Waals surface area (Å²) in [6.07, 6.45) is 0. The summed E-state index contributed by atoms with van der Waals surface area (Å²) < 4.78 is 0. The van der Waals surface area contributed by atoms with Crippen LogP contribution in [-0.4, -0.2) is 0 Å². The van der Waals surface area contributed by atoms with Crippen LogP contribution in [0.3, 0.4) is 0 Å². The van der Waals surface area contributed by atoms with Crippen molar-refractivity contribution in [1.82, 2.24) is 0 Å². The van der Waals surface area contributed by atoms with Crippen molar-refractivity contribution in [2.45, 2.75) is 0 Å². The van der Waals surface area contributed by atoms with Gasteiger partial charge in [0.25, 0.3) is 0 Å². The minimum Gasteiger partial charge on any atom is -0.399 e. The molecule has 2 aromatic rings. The first-order chi connectivity index (χ1) is 7.18. The molecule has 0 aromatic heterocycles. The van der Waals surface area contributed by atoms with Crippen molar-refractivity contribution in [1.29, 1.82) is 0 Å². The topological polar surface area (TPSA) is 52.0 Å². The van der Waals surface area contributed by atoms with Crippen LogP contribution >= 0.6 is 11.6 Å². The summed E-state index contributed by atoms with van der Waals surface area (Å²) in [7, 11) is 0. The van der Waals surface area contributed by atoms with E-state index in [1.54, 1.807) is 18.2 Å². The molecular formula is C12H13ClN2. The normalized spacial score (nSPS) is 8.87. The van der Waals surface area contributed by atoms with E-state index in [1.807, 2.05) is 36.4 Å². The zero-order valence-corrected chi connectivity index (χ0v) is 8.98. The second-order valence-corrected chi connectivity index (χ2v) is 3.40. The predicted octanol–water partition coefficient (Wildman–Crippen LogP) is 3.19. The van der Waals surface area contributed by atoms with Crippen LogP contribution in [0.2, 0.25) is 5.02 Å². The molecule has 0 saturated carbocycles. The van der Waals surface area contributed by atoms with Gasteiger partial charge in [0.15, 0.2) is 0 Å². The van der Waals surface area contributed by atoms with Gasteiger partial charge in [-0.3, -0.25) is 0 Å². The first kappa shape index (κ1) is 11.4. The molecule has 0 aliphatic heterocycles. The van der Waals surface area contributed by atoms with Gasteiger partial charge < -0.3 is 11.5 Å². The van der Waals surface area contributed by atoms with Crippen LogP contribution in [0.4, 0.5) is 11.4 Å². The predicted molar refractivity (Wildman–Crippen MR) is 66.7 cm³/mol. The molecule has 0 aliphatic rings.